The topological polar surface area (TPSA) is 94.1 Å². The summed E-state index contributed by atoms with van der Waals surface area (Å²) in [6, 6.07) is 12.7. The van der Waals surface area contributed by atoms with E-state index in [0.29, 0.717) is 18.8 Å². The Bertz CT molecular complexity index is 616. The first-order valence-electron chi connectivity index (χ1n) is 6.74. The molecule has 6 heteroatoms. The van der Waals surface area contributed by atoms with Crippen LogP contribution in [-0.4, -0.2) is 16.5 Å². The summed E-state index contributed by atoms with van der Waals surface area (Å²) in [7, 11) is 0. The molecular weight excluding hydrogens is 268 g/mol. The Morgan fingerprint density at radius 3 is 2.67 bits per heavy atom. The lowest BCUT2D eigenvalue weighted by molar-refractivity contribution is -0.384. The molecule has 6 nitrogen and oxygen atoms in total. The first kappa shape index (κ1) is 14.9. The van der Waals surface area contributed by atoms with Crippen LogP contribution < -0.4 is 11.1 Å². The molecule has 1 aromatic carbocycles. The monoisotopic (exact) mass is 286 g/mol. The molecule has 1 unspecified atom stereocenters. The van der Waals surface area contributed by atoms with E-state index in [1.165, 1.54) is 6.07 Å². The molecule has 0 bridgehead atoms. The van der Waals surface area contributed by atoms with Crippen molar-refractivity contribution in [1.29, 1.82) is 0 Å². The molecular formula is C15H18N4O2. The van der Waals surface area contributed by atoms with Crippen molar-refractivity contribution < 1.29 is 4.92 Å². The van der Waals surface area contributed by atoms with Crippen LogP contribution in [0.5, 0.6) is 0 Å². The van der Waals surface area contributed by atoms with Crippen LogP contribution in [0, 0.1) is 17.0 Å². The van der Waals surface area contributed by atoms with Crippen molar-refractivity contribution in [2.24, 2.45) is 5.73 Å². The van der Waals surface area contributed by atoms with E-state index >= 15 is 0 Å². The SMILES string of the molecule is Cc1ccc([N+](=O)[O-])c(NCCC(N)c2ccccc2)n1. The van der Waals surface area contributed by atoms with Gasteiger partial charge in [-0.15, -0.1) is 0 Å². The average Bonchev–Trinajstić information content (AvgIpc) is 2.48. The van der Waals surface area contributed by atoms with Crippen molar-refractivity contribution in [3.63, 3.8) is 0 Å². The molecule has 0 fully saturated rings. The Morgan fingerprint density at radius 1 is 1.29 bits per heavy atom. The summed E-state index contributed by atoms with van der Waals surface area (Å²) in [5.74, 6) is 0.292. The van der Waals surface area contributed by atoms with E-state index in [4.69, 9.17) is 5.73 Å². The molecule has 0 spiro atoms. The third-order valence-corrected chi connectivity index (χ3v) is 3.19. The van der Waals surface area contributed by atoms with Gasteiger partial charge in [-0.25, -0.2) is 4.98 Å². The highest BCUT2D eigenvalue weighted by Gasteiger charge is 2.15. The molecule has 1 atom stereocenters. The van der Waals surface area contributed by atoms with Gasteiger partial charge in [0.15, 0.2) is 0 Å². The van der Waals surface area contributed by atoms with Crippen molar-refractivity contribution in [3.05, 3.63) is 63.8 Å². The van der Waals surface area contributed by atoms with Gasteiger partial charge in [-0.1, -0.05) is 30.3 Å². The van der Waals surface area contributed by atoms with Gasteiger partial charge in [0, 0.05) is 24.3 Å². The Kier molecular flexibility index (Phi) is 4.84. The average molecular weight is 286 g/mol. The maximum Gasteiger partial charge on any atom is 0.311 e. The second-order valence-corrected chi connectivity index (χ2v) is 4.81. The van der Waals surface area contributed by atoms with Gasteiger partial charge < -0.3 is 11.1 Å². The minimum Gasteiger partial charge on any atom is -0.364 e. The number of nitrogens with one attached hydrogen (secondary N) is 1. The van der Waals surface area contributed by atoms with Crippen molar-refractivity contribution in [3.8, 4) is 0 Å². The molecule has 1 aromatic heterocycles. The van der Waals surface area contributed by atoms with E-state index in [1.54, 1.807) is 13.0 Å². The van der Waals surface area contributed by atoms with Gasteiger partial charge in [-0.05, 0) is 25.0 Å². The van der Waals surface area contributed by atoms with Crippen LogP contribution in [0.1, 0.15) is 23.7 Å². The third kappa shape index (κ3) is 4.00. The van der Waals surface area contributed by atoms with Gasteiger partial charge >= 0.3 is 5.69 Å². The molecule has 0 aliphatic carbocycles. The predicted molar refractivity (Wildman–Crippen MR) is 82.1 cm³/mol. The second-order valence-electron chi connectivity index (χ2n) is 4.81. The lowest BCUT2D eigenvalue weighted by atomic mass is 10.1. The number of aryl methyl sites for hydroxylation is 1. The number of nitrogens with zero attached hydrogens (tertiary/aromatic N) is 2. The van der Waals surface area contributed by atoms with E-state index in [0.717, 1.165) is 11.3 Å². The van der Waals surface area contributed by atoms with Gasteiger partial charge in [0.1, 0.15) is 0 Å². The van der Waals surface area contributed by atoms with Gasteiger partial charge in [0.2, 0.25) is 5.82 Å². The number of nitrogens with two attached hydrogens (primary N) is 1. The maximum absolute atomic E-state index is 11.0. The quantitative estimate of drug-likeness (QED) is 0.629. The lowest BCUT2D eigenvalue weighted by Crippen LogP contribution is -2.16. The van der Waals surface area contributed by atoms with E-state index in [1.807, 2.05) is 30.3 Å². The highest BCUT2D eigenvalue weighted by atomic mass is 16.6. The summed E-state index contributed by atoms with van der Waals surface area (Å²) in [5, 5.41) is 14.0. The summed E-state index contributed by atoms with van der Waals surface area (Å²) in [5.41, 5.74) is 7.85. The number of hydrogen-bond donors (Lipinski definition) is 2. The Balaban J connectivity index is 1.97. The molecule has 0 aliphatic rings. The van der Waals surface area contributed by atoms with Crippen molar-refractivity contribution in [1.82, 2.24) is 4.98 Å². The Hall–Kier alpha value is -2.47. The number of pyridine rings is 1. The fraction of sp³-hybridized carbons (Fsp3) is 0.267. The van der Waals surface area contributed by atoms with Gasteiger partial charge in [0.05, 0.1) is 4.92 Å². The third-order valence-electron chi connectivity index (χ3n) is 3.19. The number of nitro groups is 1. The van der Waals surface area contributed by atoms with E-state index in [2.05, 4.69) is 10.3 Å². The van der Waals surface area contributed by atoms with Crippen LogP contribution in [0.4, 0.5) is 11.5 Å². The van der Waals surface area contributed by atoms with Gasteiger partial charge in [-0.3, -0.25) is 10.1 Å². The highest BCUT2D eigenvalue weighted by Crippen LogP contribution is 2.22. The molecule has 0 amide bonds. The van der Waals surface area contributed by atoms with Crippen LogP contribution in [0.2, 0.25) is 0 Å². The molecule has 1 heterocycles. The van der Waals surface area contributed by atoms with Crippen LogP contribution >= 0.6 is 0 Å². The second kappa shape index (κ2) is 6.81. The summed E-state index contributed by atoms with van der Waals surface area (Å²) in [4.78, 5) is 14.7. The first-order valence-corrected chi connectivity index (χ1v) is 6.74. The number of rotatable bonds is 6. The Labute approximate surface area is 123 Å². The number of hydrogen-bond acceptors (Lipinski definition) is 5. The minimum absolute atomic E-state index is 0.0196. The smallest absolute Gasteiger partial charge is 0.311 e. The summed E-state index contributed by atoms with van der Waals surface area (Å²) in [6.45, 7) is 2.32. The highest BCUT2D eigenvalue weighted by molar-refractivity contribution is 5.56. The molecule has 0 saturated carbocycles. The first-order chi connectivity index (χ1) is 10.1. The maximum atomic E-state index is 11.0. The zero-order valence-corrected chi connectivity index (χ0v) is 11.8. The zero-order chi connectivity index (χ0) is 15.2. The molecule has 0 aliphatic heterocycles. The zero-order valence-electron chi connectivity index (χ0n) is 11.8. The van der Waals surface area contributed by atoms with Crippen LogP contribution in [0.15, 0.2) is 42.5 Å². The molecule has 3 N–H and O–H groups in total. The lowest BCUT2D eigenvalue weighted by Gasteiger charge is -2.13. The van der Waals surface area contributed by atoms with Gasteiger partial charge in [0.25, 0.3) is 0 Å². The van der Waals surface area contributed by atoms with Crippen molar-refractivity contribution in [2.75, 3.05) is 11.9 Å². The van der Waals surface area contributed by atoms with Crippen LogP contribution in [-0.2, 0) is 0 Å². The largest absolute Gasteiger partial charge is 0.364 e. The van der Waals surface area contributed by atoms with E-state index < -0.39 is 4.92 Å². The predicted octanol–water partition coefficient (Wildman–Crippen LogP) is 2.80. The standard InChI is InChI=1S/C15H18N4O2/c1-11-7-8-14(19(20)21)15(18-11)17-10-9-13(16)12-5-3-2-4-6-12/h2-8,13H,9-10,16H2,1H3,(H,17,18). The Morgan fingerprint density at radius 2 is 2.00 bits per heavy atom. The molecule has 2 rings (SSSR count). The van der Waals surface area contributed by atoms with Crippen LogP contribution in [0.25, 0.3) is 0 Å². The number of aromatic nitrogens is 1. The van der Waals surface area contributed by atoms with E-state index in [9.17, 15) is 10.1 Å². The van der Waals surface area contributed by atoms with Crippen LogP contribution in [0.3, 0.4) is 0 Å². The fourth-order valence-electron chi connectivity index (χ4n) is 2.04. The number of benzene rings is 1. The summed E-state index contributed by atoms with van der Waals surface area (Å²) >= 11 is 0. The normalized spacial score (nSPS) is 11.9. The summed E-state index contributed by atoms with van der Waals surface area (Å²) in [6.07, 6.45) is 0.663. The molecule has 21 heavy (non-hydrogen) atoms. The molecule has 0 saturated heterocycles. The fourth-order valence-corrected chi connectivity index (χ4v) is 2.04. The molecule has 2 aromatic rings. The van der Waals surface area contributed by atoms with E-state index in [-0.39, 0.29) is 11.7 Å². The van der Waals surface area contributed by atoms with Crippen molar-refractivity contribution >= 4 is 11.5 Å². The molecule has 110 valence electrons. The van der Waals surface area contributed by atoms with Crippen molar-refractivity contribution in [2.45, 2.75) is 19.4 Å². The molecule has 0 radical (unpaired) electrons. The summed E-state index contributed by atoms with van der Waals surface area (Å²) < 4.78 is 0. The van der Waals surface area contributed by atoms with Gasteiger partial charge in [-0.2, -0.15) is 0 Å². The number of anilines is 1. The minimum atomic E-state index is -0.439.